The summed E-state index contributed by atoms with van der Waals surface area (Å²) in [7, 11) is 0. The number of carbonyl (C=O) groups excluding carboxylic acids is 2. The summed E-state index contributed by atoms with van der Waals surface area (Å²) in [6, 6.07) is 48.6. The molecule has 12 nitrogen and oxygen atoms in total. The molecule has 6 aromatic rings. The van der Waals surface area contributed by atoms with Crippen molar-refractivity contribution in [3.8, 4) is 0 Å². The Hall–Kier alpha value is -6.55. The molecule has 0 aliphatic carbocycles. The van der Waals surface area contributed by atoms with Gasteiger partial charge < -0.3 is 30.0 Å². The predicted molar refractivity (Wildman–Crippen MR) is 262 cm³/mol. The van der Waals surface area contributed by atoms with Crippen LogP contribution >= 0.6 is 0 Å². The Balaban J connectivity index is 0.00000413. The SMILES string of the molecule is O=C([O-])[C@H](CCC[C@H](N=C(c1ccccc1)c1ccccc1N=C([O-])[C@@H]1CCCN1Cc1ccccc1)C(=O)[O-])N=C(c1ccccc1)c1ccccc1N=C([O-])[C@@H]1CCCN1Cc1ccccc1.[Ni+2].[Ni+2]. The molecule has 14 heteroatoms. The number of nitrogens with zero attached hydrogens (tertiary/aromatic N) is 6. The van der Waals surface area contributed by atoms with E-state index < -0.39 is 36.1 Å². The third-order valence-electron chi connectivity index (χ3n) is 12.7. The van der Waals surface area contributed by atoms with Crippen molar-refractivity contribution < 1.29 is 63.0 Å². The van der Waals surface area contributed by atoms with Crippen LogP contribution in [0.5, 0.6) is 0 Å². The maximum Gasteiger partial charge on any atom is 2.00 e. The third kappa shape index (κ3) is 14.3. The van der Waals surface area contributed by atoms with Crippen molar-refractivity contribution in [2.24, 2.45) is 20.0 Å². The number of hydrogen-bond acceptors (Lipinski definition) is 12. The van der Waals surface area contributed by atoms with Crippen molar-refractivity contribution in [2.45, 2.75) is 82.2 Å². The molecule has 4 atom stereocenters. The minimum atomic E-state index is -1.44. The van der Waals surface area contributed by atoms with Crippen LogP contribution in [0, 0.1) is 0 Å². The van der Waals surface area contributed by atoms with Gasteiger partial charge in [0.2, 0.25) is 0 Å². The van der Waals surface area contributed by atoms with Crippen LogP contribution in [0.3, 0.4) is 0 Å². The van der Waals surface area contributed by atoms with E-state index in [-0.39, 0.29) is 64.0 Å². The number of benzene rings is 6. The van der Waals surface area contributed by atoms with E-state index >= 15 is 0 Å². The number of carboxylic acid groups (broad SMARTS) is 2. The fraction of sp³-hybridized carbons (Fsp3) is 0.263. The molecule has 71 heavy (non-hydrogen) atoms. The molecule has 0 amide bonds. The van der Waals surface area contributed by atoms with E-state index in [1.807, 2.05) is 97.1 Å². The number of aliphatic carboxylic acids is 2. The van der Waals surface area contributed by atoms with Gasteiger partial charge in [0.05, 0.1) is 46.8 Å². The fourth-order valence-electron chi connectivity index (χ4n) is 9.23. The Kier molecular flexibility index (Phi) is 20.2. The van der Waals surface area contributed by atoms with Gasteiger partial charge in [-0.3, -0.25) is 29.8 Å². The summed E-state index contributed by atoms with van der Waals surface area (Å²) in [5.41, 5.74) is 5.69. The molecule has 6 aromatic carbocycles. The Morgan fingerprint density at radius 3 is 1.18 bits per heavy atom. The molecule has 368 valence electrons. The first kappa shape index (κ1) is 53.8. The molecule has 2 aliphatic rings. The smallest absolute Gasteiger partial charge is 0.861 e. The minimum Gasteiger partial charge on any atom is -0.861 e. The minimum absolute atomic E-state index is 0. The standard InChI is InChI=1S/C57H58N6O6.2Ni/c64-54(50-34-18-36-62(50)38-40-20-5-1-6-21-40)60-46-30-15-13-28-44(46)52(42-24-9-3-10-25-42)58-48(56(66)67)32-17-33-49(57(68)69)59-53(43-26-11-4-12-27-43)45-29-14-16-31-47(45)61-55(65)51-35-19-37-63(51)39-41-22-7-2-8-23-41;;/h1-16,20-31,48-51H,17-19,32-39H2,(H,60,64)(H,61,65)(H,66,67)(H,68,69);;/q;2*+2/p-4/t48-,49-,50-,51-;;/m0../s1. The molecular formula is C57H54N6Ni2O6. The molecule has 8 rings (SSSR count). The zero-order valence-electron chi connectivity index (χ0n) is 39.0. The molecule has 0 bridgehead atoms. The zero-order valence-corrected chi connectivity index (χ0v) is 41.0. The van der Waals surface area contributed by atoms with Gasteiger partial charge in [0.25, 0.3) is 0 Å². The van der Waals surface area contributed by atoms with Crippen molar-refractivity contribution in [2.75, 3.05) is 13.1 Å². The second-order valence-corrected chi connectivity index (χ2v) is 17.5. The van der Waals surface area contributed by atoms with Gasteiger partial charge in [0.1, 0.15) is 0 Å². The summed E-state index contributed by atoms with van der Waals surface area (Å²) in [5, 5.41) is 53.7. The van der Waals surface area contributed by atoms with Gasteiger partial charge in [-0.05, 0) is 93.1 Å². The summed E-state index contributed by atoms with van der Waals surface area (Å²) in [6.45, 7) is 2.78. The Morgan fingerprint density at radius 2 is 0.817 bits per heavy atom. The van der Waals surface area contributed by atoms with Crippen molar-refractivity contribution in [3.05, 3.63) is 203 Å². The fourth-order valence-corrected chi connectivity index (χ4v) is 9.23. The van der Waals surface area contributed by atoms with Gasteiger partial charge in [0.15, 0.2) is 0 Å². The molecule has 0 saturated carbocycles. The van der Waals surface area contributed by atoms with Crippen molar-refractivity contribution >= 4 is 46.5 Å². The predicted octanol–water partition coefficient (Wildman–Crippen LogP) is 5.57. The van der Waals surface area contributed by atoms with Crippen LogP contribution < -0.4 is 20.4 Å². The molecule has 0 unspecified atom stereocenters. The normalized spacial score (nSPS) is 17.7. The van der Waals surface area contributed by atoms with Gasteiger partial charge >= 0.3 is 33.0 Å². The van der Waals surface area contributed by atoms with Crippen LogP contribution in [-0.2, 0) is 55.7 Å². The first-order valence-electron chi connectivity index (χ1n) is 23.7. The summed E-state index contributed by atoms with van der Waals surface area (Å²) in [5.74, 6) is -3.46. The first-order valence-corrected chi connectivity index (χ1v) is 23.7. The van der Waals surface area contributed by atoms with E-state index in [2.05, 4.69) is 19.8 Å². The Labute approximate surface area is 435 Å². The van der Waals surface area contributed by atoms with Crippen molar-refractivity contribution in [1.29, 1.82) is 0 Å². The van der Waals surface area contributed by atoms with Crippen LogP contribution in [0.1, 0.15) is 78.3 Å². The van der Waals surface area contributed by atoms with E-state index in [4.69, 9.17) is 9.98 Å². The second-order valence-electron chi connectivity index (χ2n) is 17.5. The van der Waals surface area contributed by atoms with Crippen LogP contribution in [-0.4, -0.2) is 82.2 Å². The molecule has 2 heterocycles. The molecule has 2 fully saturated rings. The second kappa shape index (κ2) is 26.6. The van der Waals surface area contributed by atoms with E-state index in [1.165, 1.54) is 0 Å². The molecule has 2 saturated heterocycles. The van der Waals surface area contributed by atoms with Crippen molar-refractivity contribution in [1.82, 2.24) is 9.80 Å². The Morgan fingerprint density at radius 1 is 0.479 bits per heavy atom. The van der Waals surface area contributed by atoms with Gasteiger partial charge in [-0.25, -0.2) is 0 Å². The monoisotopic (exact) mass is 1030 g/mol. The average molecular weight is 1040 g/mol. The molecular weight excluding hydrogens is 982 g/mol. The van der Waals surface area contributed by atoms with Gasteiger partial charge in [-0.15, -0.1) is 0 Å². The number of rotatable bonds is 20. The summed E-state index contributed by atoms with van der Waals surface area (Å²) in [6.07, 6.45) is 2.96. The number of para-hydroxylation sites is 2. The van der Waals surface area contributed by atoms with Crippen LogP contribution in [0.25, 0.3) is 0 Å². The Bertz CT molecular complexity index is 2610. The van der Waals surface area contributed by atoms with E-state index in [0.717, 1.165) is 37.1 Å². The van der Waals surface area contributed by atoms with Crippen LogP contribution in [0.2, 0.25) is 0 Å². The molecule has 0 N–H and O–H groups in total. The maximum atomic E-state index is 13.9. The van der Waals surface area contributed by atoms with Crippen molar-refractivity contribution in [3.63, 3.8) is 0 Å². The number of likely N-dealkylation sites (tertiary alicyclic amines) is 2. The molecule has 0 spiro atoms. The van der Waals surface area contributed by atoms with Gasteiger partial charge in [-0.2, -0.15) is 0 Å². The number of hydrogen-bond donors (Lipinski definition) is 0. The van der Waals surface area contributed by atoms with E-state index in [0.29, 0.717) is 71.0 Å². The molecule has 2 aliphatic heterocycles. The molecule has 0 radical (unpaired) electrons. The topological polar surface area (TPSA) is 182 Å². The number of aliphatic imine (C=N–C) groups is 4. The van der Waals surface area contributed by atoms with Crippen LogP contribution in [0.4, 0.5) is 11.4 Å². The number of carboxylic acids is 2. The third-order valence-corrected chi connectivity index (χ3v) is 12.7. The molecule has 0 aromatic heterocycles. The average Bonchev–Trinajstić information content (AvgIpc) is 4.05. The summed E-state index contributed by atoms with van der Waals surface area (Å²) < 4.78 is 0. The van der Waals surface area contributed by atoms with Crippen LogP contribution in [0.15, 0.2) is 190 Å². The zero-order chi connectivity index (χ0) is 48.0. The van der Waals surface area contributed by atoms with E-state index in [9.17, 15) is 30.0 Å². The summed E-state index contributed by atoms with van der Waals surface area (Å²) >= 11 is 0. The largest absolute Gasteiger partial charge is 2.00 e. The van der Waals surface area contributed by atoms with Gasteiger partial charge in [-0.1, -0.05) is 158 Å². The van der Waals surface area contributed by atoms with Gasteiger partial charge in [0, 0.05) is 47.4 Å². The maximum absolute atomic E-state index is 13.9. The quantitative estimate of drug-likeness (QED) is 0.0540. The summed E-state index contributed by atoms with van der Waals surface area (Å²) in [4.78, 5) is 48.9. The first-order chi connectivity index (χ1) is 33.7. The van der Waals surface area contributed by atoms with E-state index in [1.54, 1.807) is 72.8 Å². The number of carbonyl (C=O) groups is 2.